The molecule has 0 atom stereocenters. The van der Waals surface area contributed by atoms with Crippen LogP contribution in [0.15, 0.2) is 48.5 Å². The Morgan fingerprint density at radius 3 is 2.35 bits per heavy atom. The normalized spacial score (nSPS) is 10.5. The van der Waals surface area contributed by atoms with Crippen LogP contribution < -0.4 is 10.6 Å². The second-order valence-electron chi connectivity index (χ2n) is 6.18. The molecule has 0 saturated carbocycles. The fourth-order valence-electron chi connectivity index (χ4n) is 2.68. The predicted molar refractivity (Wildman–Crippen MR) is 105 cm³/mol. The highest BCUT2D eigenvalue weighted by molar-refractivity contribution is 6.30. The number of aryl methyl sites for hydroxylation is 3. The molecule has 0 spiro atoms. The van der Waals surface area contributed by atoms with E-state index in [1.165, 1.54) is 0 Å². The Morgan fingerprint density at radius 1 is 0.923 bits per heavy atom. The zero-order valence-corrected chi connectivity index (χ0v) is 15.6. The zero-order chi connectivity index (χ0) is 18.7. The second kappa shape index (κ2) is 7.54. The van der Waals surface area contributed by atoms with Crippen LogP contribution in [0.2, 0.25) is 5.02 Å². The van der Waals surface area contributed by atoms with E-state index in [4.69, 9.17) is 11.6 Å². The van der Waals surface area contributed by atoms with E-state index < -0.39 is 0 Å². The van der Waals surface area contributed by atoms with Crippen LogP contribution >= 0.6 is 11.6 Å². The molecule has 1 amide bonds. The van der Waals surface area contributed by atoms with Crippen molar-refractivity contribution in [2.45, 2.75) is 20.8 Å². The SMILES string of the molecule is Cc1cc(C)cc(Nc2nc(C)cc(C(=O)Nc3cccc(Cl)c3)n2)c1. The highest BCUT2D eigenvalue weighted by Crippen LogP contribution is 2.19. The lowest BCUT2D eigenvalue weighted by molar-refractivity contribution is 0.102. The second-order valence-corrected chi connectivity index (χ2v) is 6.62. The van der Waals surface area contributed by atoms with Crippen LogP contribution in [0.5, 0.6) is 0 Å². The minimum Gasteiger partial charge on any atom is -0.324 e. The topological polar surface area (TPSA) is 66.9 Å². The quantitative estimate of drug-likeness (QED) is 0.678. The summed E-state index contributed by atoms with van der Waals surface area (Å²) in [5.41, 5.74) is 4.75. The van der Waals surface area contributed by atoms with Gasteiger partial charge in [0.1, 0.15) is 5.69 Å². The minimum absolute atomic E-state index is 0.282. The molecule has 26 heavy (non-hydrogen) atoms. The third-order valence-corrected chi connectivity index (χ3v) is 3.88. The molecule has 0 unspecified atom stereocenters. The third-order valence-electron chi connectivity index (χ3n) is 3.65. The molecule has 0 aliphatic heterocycles. The van der Waals surface area contributed by atoms with Crippen molar-refractivity contribution in [1.29, 1.82) is 0 Å². The van der Waals surface area contributed by atoms with Gasteiger partial charge >= 0.3 is 0 Å². The molecule has 3 rings (SSSR count). The number of hydrogen-bond acceptors (Lipinski definition) is 4. The first kappa shape index (κ1) is 17.9. The maximum atomic E-state index is 12.5. The van der Waals surface area contributed by atoms with Crippen molar-refractivity contribution in [2.75, 3.05) is 10.6 Å². The van der Waals surface area contributed by atoms with Gasteiger partial charge < -0.3 is 10.6 Å². The van der Waals surface area contributed by atoms with Gasteiger partial charge in [-0.2, -0.15) is 0 Å². The highest BCUT2D eigenvalue weighted by atomic mass is 35.5. The first-order valence-electron chi connectivity index (χ1n) is 8.17. The molecule has 1 heterocycles. The average molecular weight is 367 g/mol. The molecule has 0 saturated heterocycles. The standard InChI is InChI=1S/C20H19ClN4O/c1-12-7-13(2)9-17(8-12)24-20-22-14(3)10-18(25-20)19(26)23-16-6-4-5-15(21)11-16/h4-11H,1-3H3,(H,23,26)(H,22,24,25). The lowest BCUT2D eigenvalue weighted by Crippen LogP contribution is -2.15. The Kier molecular flexibility index (Phi) is 5.19. The van der Waals surface area contributed by atoms with E-state index in [9.17, 15) is 4.79 Å². The van der Waals surface area contributed by atoms with Gasteiger partial charge in [0.15, 0.2) is 0 Å². The van der Waals surface area contributed by atoms with Crippen LogP contribution in [-0.2, 0) is 0 Å². The number of nitrogens with one attached hydrogen (secondary N) is 2. The predicted octanol–water partition coefficient (Wildman–Crippen LogP) is 5.05. The van der Waals surface area contributed by atoms with Crippen molar-refractivity contribution in [3.63, 3.8) is 0 Å². The molecular weight excluding hydrogens is 348 g/mol. The van der Waals surface area contributed by atoms with Gasteiger partial charge in [0, 0.05) is 22.1 Å². The van der Waals surface area contributed by atoms with E-state index in [-0.39, 0.29) is 11.6 Å². The summed E-state index contributed by atoms with van der Waals surface area (Å²) >= 11 is 5.95. The molecule has 132 valence electrons. The van der Waals surface area contributed by atoms with Gasteiger partial charge in [-0.15, -0.1) is 0 Å². The Hall–Kier alpha value is -2.92. The molecule has 0 aliphatic carbocycles. The summed E-state index contributed by atoms with van der Waals surface area (Å²) in [7, 11) is 0. The van der Waals surface area contributed by atoms with Gasteiger partial charge in [0.05, 0.1) is 0 Å². The molecule has 0 aliphatic rings. The molecular formula is C20H19ClN4O. The number of carbonyl (C=O) groups is 1. The summed E-state index contributed by atoms with van der Waals surface area (Å²) in [6.45, 7) is 5.88. The van der Waals surface area contributed by atoms with Crippen molar-refractivity contribution < 1.29 is 4.79 Å². The number of anilines is 3. The summed E-state index contributed by atoms with van der Waals surface area (Å²) in [5.74, 6) is 0.0625. The van der Waals surface area contributed by atoms with E-state index in [1.54, 1.807) is 30.3 Å². The van der Waals surface area contributed by atoms with Crippen LogP contribution in [0.1, 0.15) is 27.3 Å². The van der Waals surface area contributed by atoms with Crippen molar-refractivity contribution in [2.24, 2.45) is 0 Å². The zero-order valence-electron chi connectivity index (χ0n) is 14.8. The molecule has 2 aromatic carbocycles. The Labute approximate surface area is 157 Å². The molecule has 6 heteroatoms. The third kappa shape index (κ3) is 4.58. The Balaban J connectivity index is 1.83. The lowest BCUT2D eigenvalue weighted by Gasteiger charge is -2.10. The molecule has 1 aromatic heterocycles. The first-order valence-corrected chi connectivity index (χ1v) is 8.55. The van der Waals surface area contributed by atoms with Gasteiger partial charge in [-0.3, -0.25) is 4.79 Å². The molecule has 0 bridgehead atoms. The van der Waals surface area contributed by atoms with Crippen LogP contribution in [0.25, 0.3) is 0 Å². The summed E-state index contributed by atoms with van der Waals surface area (Å²) in [5, 5.41) is 6.52. The fraction of sp³-hybridized carbons (Fsp3) is 0.150. The van der Waals surface area contributed by atoms with Crippen molar-refractivity contribution in [1.82, 2.24) is 9.97 Å². The summed E-state index contributed by atoms with van der Waals surface area (Å²) < 4.78 is 0. The van der Waals surface area contributed by atoms with E-state index >= 15 is 0 Å². The summed E-state index contributed by atoms with van der Waals surface area (Å²) in [6, 6.07) is 14.7. The monoisotopic (exact) mass is 366 g/mol. The fourth-order valence-corrected chi connectivity index (χ4v) is 2.87. The van der Waals surface area contributed by atoms with Gasteiger partial charge in [-0.25, -0.2) is 9.97 Å². The van der Waals surface area contributed by atoms with Gasteiger partial charge in [0.25, 0.3) is 5.91 Å². The number of benzene rings is 2. The number of aromatic nitrogens is 2. The minimum atomic E-state index is -0.318. The average Bonchev–Trinajstić information content (AvgIpc) is 2.53. The van der Waals surface area contributed by atoms with E-state index in [2.05, 4.69) is 26.7 Å². The number of halogens is 1. The van der Waals surface area contributed by atoms with Crippen LogP contribution in [-0.4, -0.2) is 15.9 Å². The number of carbonyl (C=O) groups excluding carboxylic acids is 1. The summed E-state index contributed by atoms with van der Waals surface area (Å²) in [4.78, 5) is 21.2. The Bertz CT molecular complexity index is 952. The largest absolute Gasteiger partial charge is 0.324 e. The Morgan fingerprint density at radius 2 is 1.65 bits per heavy atom. The maximum absolute atomic E-state index is 12.5. The summed E-state index contributed by atoms with van der Waals surface area (Å²) in [6.07, 6.45) is 0. The smallest absolute Gasteiger partial charge is 0.274 e. The molecule has 5 nitrogen and oxygen atoms in total. The first-order chi connectivity index (χ1) is 12.4. The molecule has 0 fully saturated rings. The molecule has 2 N–H and O–H groups in total. The lowest BCUT2D eigenvalue weighted by atomic mass is 10.1. The number of rotatable bonds is 4. The van der Waals surface area contributed by atoms with Crippen LogP contribution in [0, 0.1) is 20.8 Å². The van der Waals surface area contributed by atoms with Crippen molar-refractivity contribution in [3.05, 3.63) is 76.1 Å². The van der Waals surface area contributed by atoms with Crippen molar-refractivity contribution >= 4 is 34.8 Å². The number of amides is 1. The van der Waals surface area contributed by atoms with Crippen molar-refractivity contribution in [3.8, 4) is 0 Å². The molecule has 3 aromatic rings. The number of hydrogen-bond donors (Lipinski definition) is 2. The highest BCUT2D eigenvalue weighted by Gasteiger charge is 2.12. The van der Waals surface area contributed by atoms with Crippen LogP contribution in [0.3, 0.4) is 0 Å². The van der Waals surface area contributed by atoms with Gasteiger partial charge in [-0.05, 0) is 68.3 Å². The van der Waals surface area contributed by atoms with Crippen LogP contribution in [0.4, 0.5) is 17.3 Å². The van der Waals surface area contributed by atoms with E-state index in [1.807, 2.05) is 32.9 Å². The van der Waals surface area contributed by atoms with E-state index in [0.29, 0.717) is 22.4 Å². The van der Waals surface area contributed by atoms with Gasteiger partial charge in [-0.1, -0.05) is 23.7 Å². The van der Waals surface area contributed by atoms with E-state index in [0.717, 1.165) is 16.8 Å². The number of nitrogens with zero attached hydrogens (tertiary/aromatic N) is 2. The molecule has 0 radical (unpaired) electrons. The maximum Gasteiger partial charge on any atom is 0.274 e. The van der Waals surface area contributed by atoms with Gasteiger partial charge in [0.2, 0.25) is 5.95 Å².